The number of esters is 2. The molecule has 0 aromatic heterocycles. The maximum Gasteiger partial charge on any atom is 0.352 e. The number of benzene rings is 4. The van der Waals surface area contributed by atoms with Crippen molar-refractivity contribution in [1.29, 1.82) is 0 Å². The molecule has 5 nitrogen and oxygen atoms in total. The van der Waals surface area contributed by atoms with E-state index in [9.17, 15) is 9.59 Å². The van der Waals surface area contributed by atoms with E-state index in [0.717, 1.165) is 27.6 Å². The van der Waals surface area contributed by atoms with E-state index in [1.807, 2.05) is 36.4 Å². The molecule has 35 heavy (non-hydrogen) atoms. The maximum atomic E-state index is 12.7. The van der Waals surface area contributed by atoms with E-state index in [0.29, 0.717) is 10.6 Å². The molecule has 174 valence electrons. The number of carbonyl (C=O) groups excluding carboxylic acids is 2. The number of hydrogen-bond acceptors (Lipinski definition) is 5. The molecule has 0 fully saturated rings. The minimum Gasteiger partial charge on any atom is -0.497 e. The fourth-order valence-corrected chi connectivity index (χ4v) is 3.71. The standard InChI is InChI=1S/C29H21ClO5/c1-33-24-16-15-22-17-20(11-14-23(22)18-24)8-7-19-9-12-21(13-10-19)28(31)35-27(29(32)34-2)25-5-3-4-6-26(25)30/h3-6,9-18,27H,1-2H3. The van der Waals surface area contributed by atoms with Crippen LogP contribution >= 0.6 is 11.6 Å². The molecule has 0 bridgehead atoms. The van der Waals surface area contributed by atoms with Gasteiger partial charge in [0.1, 0.15) is 5.75 Å². The minimum absolute atomic E-state index is 0.274. The number of fused-ring (bicyclic) bond motifs is 1. The summed E-state index contributed by atoms with van der Waals surface area (Å²) in [7, 11) is 2.86. The van der Waals surface area contributed by atoms with Gasteiger partial charge in [-0.3, -0.25) is 0 Å². The van der Waals surface area contributed by atoms with Gasteiger partial charge in [0.15, 0.2) is 0 Å². The predicted octanol–water partition coefficient (Wildman–Crippen LogP) is 5.97. The van der Waals surface area contributed by atoms with Gasteiger partial charge in [0, 0.05) is 21.7 Å². The lowest BCUT2D eigenvalue weighted by atomic mass is 10.1. The highest BCUT2D eigenvalue weighted by atomic mass is 35.5. The summed E-state index contributed by atoms with van der Waals surface area (Å²) in [5.41, 5.74) is 2.22. The Labute approximate surface area is 208 Å². The molecule has 4 aromatic carbocycles. The second-order valence-electron chi connectivity index (χ2n) is 7.59. The first-order chi connectivity index (χ1) is 17.0. The van der Waals surface area contributed by atoms with Gasteiger partial charge in [0.25, 0.3) is 0 Å². The van der Waals surface area contributed by atoms with Crippen LogP contribution in [-0.2, 0) is 14.3 Å². The maximum absolute atomic E-state index is 12.7. The van der Waals surface area contributed by atoms with E-state index in [2.05, 4.69) is 11.8 Å². The lowest BCUT2D eigenvalue weighted by molar-refractivity contribution is -0.151. The van der Waals surface area contributed by atoms with Crippen LogP contribution in [0.4, 0.5) is 0 Å². The van der Waals surface area contributed by atoms with Gasteiger partial charge in [0.2, 0.25) is 6.10 Å². The normalized spacial score (nSPS) is 11.2. The average molecular weight is 485 g/mol. The number of rotatable bonds is 5. The monoisotopic (exact) mass is 484 g/mol. The Morgan fingerprint density at radius 2 is 1.46 bits per heavy atom. The smallest absolute Gasteiger partial charge is 0.352 e. The van der Waals surface area contributed by atoms with E-state index >= 15 is 0 Å². The third-order valence-electron chi connectivity index (χ3n) is 5.35. The lowest BCUT2D eigenvalue weighted by Crippen LogP contribution is -2.21. The fourth-order valence-electron chi connectivity index (χ4n) is 3.47. The molecule has 0 saturated carbocycles. The lowest BCUT2D eigenvalue weighted by Gasteiger charge is -2.17. The van der Waals surface area contributed by atoms with Crippen molar-refractivity contribution in [3.63, 3.8) is 0 Å². The number of hydrogen-bond donors (Lipinski definition) is 0. The van der Waals surface area contributed by atoms with Gasteiger partial charge in [-0.1, -0.05) is 53.8 Å². The number of methoxy groups -OCH3 is 2. The van der Waals surface area contributed by atoms with E-state index in [-0.39, 0.29) is 5.56 Å². The van der Waals surface area contributed by atoms with Crippen molar-refractivity contribution in [2.75, 3.05) is 14.2 Å². The Morgan fingerprint density at radius 1 is 0.800 bits per heavy atom. The summed E-state index contributed by atoms with van der Waals surface area (Å²) in [5, 5.41) is 2.43. The summed E-state index contributed by atoms with van der Waals surface area (Å²) in [6.07, 6.45) is -1.27. The van der Waals surface area contributed by atoms with Gasteiger partial charge in [-0.25, -0.2) is 9.59 Å². The number of ether oxygens (including phenoxy) is 3. The largest absolute Gasteiger partial charge is 0.497 e. The van der Waals surface area contributed by atoms with Gasteiger partial charge < -0.3 is 14.2 Å². The zero-order chi connectivity index (χ0) is 24.8. The van der Waals surface area contributed by atoms with Gasteiger partial charge in [-0.15, -0.1) is 0 Å². The van der Waals surface area contributed by atoms with E-state index < -0.39 is 18.0 Å². The first-order valence-electron chi connectivity index (χ1n) is 10.7. The molecule has 0 saturated heterocycles. The van der Waals surface area contributed by atoms with Crippen molar-refractivity contribution in [2.45, 2.75) is 6.10 Å². The summed E-state index contributed by atoms with van der Waals surface area (Å²) in [6.45, 7) is 0. The summed E-state index contributed by atoms with van der Waals surface area (Å²) in [5.74, 6) is 5.65. The van der Waals surface area contributed by atoms with Gasteiger partial charge in [0.05, 0.1) is 19.8 Å². The minimum atomic E-state index is -1.27. The number of carbonyl (C=O) groups is 2. The molecule has 0 spiro atoms. The summed E-state index contributed by atoms with van der Waals surface area (Å²) in [4.78, 5) is 24.9. The van der Waals surface area contributed by atoms with Crippen molar-refractivity contribution in [3.05, 3.63) is 112 Å². The SMILES string of the molecule is COC(=O)C(OC(=O)c1ccc(C#Cc2ccc3cc(OC)ccc3c2)cc1)c1ccccc1Cl. The molecule has 4 rings (SSSR count). The van der Waals surface area contributed by atoms with Crippen molar-refractivity contribution < 1.29 is 23.8 Å². The van der Waals surface area contributed by atoms with Crippen LogP contribution in [-0.4, -0.2) is 26.2 Å². The third-order valence-corrected chi connectivity index (χ3v) is 5.69. The first kappa shape index (κ1) is 23.9. The van der Waals surface area contributed by atoms with E-state index in [1.165, 1.54) is 7.11 Å². The van der Waals surface area contributed by atoms with Crippen LogP contribution in [0.5, 0.6) is 5.75 Å². The highest BCUT2D eigenvalue weighted by molar-refractivity contribution is 6.31. The predicted molar refractivity (Wildman–Crippen MR) is 135 cm³/mol. The third kappa shape index (κ3) is 5.63. The molecular weight excluding hydrogens is 464 g/mol. The molecule has 0 aliphatic rings. The van der Waals surface area contributed by atoms with Crippen molar-refractivity contribution >= 4 is 34.3 Å². The molecule has 0 radical (unpaired) electrons. The molecule has 4 aromatic rings. The Hall–Kier alpha value is -4.27. The quantitative estimate of drug-likeness (QED) is 0.258. The summed E-state index contributed by atoms with van der Waals surface area (Å²) in [6, 6.07) is 25.1. The molecule has 0 aliphatic carbocycles. The highest BCUT2D eigenvalue weighted by Crippen LogP contribution is 2.27. The fraction of sp³-hybridized carbons (Fsp3) is 0.103. The van der Waals surface area contributed by atoms with Gasteiger partial charge in [-0.2, -0.15) is 0 Å². The second-order valence-corrected chi connectivity index (χ2v) is 7.99. The second kappa shape index (κ2) is 10.8. The van der Waals surface area contributed by atoms with Crippen LogP contribution in [0, 0.1) is 11.8 Å². The molecule has 1 unspecified atom stereocenters. The Balaban J connectivity index is 1.49. The Morgan fingerprint density at radius 3 is 2.17 bits per heavy atom. The molecule has 1 atom stereocenters. The van der Waals surface area contributed by atoms with Crippen molar-refractivity contribution in [3.8, 4) is 17.6 Å². The van der Waals surface area contributed by atoms with Gasteiger partial charge >= 0.3 is 11.9 Å². The van der Waals surface area contributed by atoms with Crippen LogP contribution in [0.3, 0.4) is 0 Å². The molecule has 0 amide bonds. The van der Waals surface area contributed by atoms with Crippen LogP contribution < -0.4 is 4.74 Å². The van der Waals surface area contributed by atoms with E-state index in [4.69, 9.17) is 25.8 Å². The summed E-state index contributed by atoms with van der Waals surface area (Å²) >= 11 is 6.18. The van der Waals surface area contributed by atoms with Crippen LogP contribution in [0.25, 0.3) is 10.8 Å². The molecule has 0 N–H and O–H groups in total. The summed E-state index contributed by atoms with van der Waals surface area (Å²) < 4.78 is 15.5. The Bertz CT molecular complexity index is 1450. The highest BCUT2D eigenvalue weighted by Gasteiger charge is 2.28. The molecular formula is C29H21ClO5. The van der Waals surface area contributed by atoms with Gasteiger partial charge in [-0.05, 0) is 65.4 Å². The van der Waals surface area contributed by atoms with E-state index in [1.54, 1.807) is 55.6 Å². The number of halogens is 1. The van der Waals surface area contributed by atoms with Crippen molar-refractivity contribution in [1.82, 2.24) is 0 Å². The Kier molecular flexibility index (Phi) is 7.35. The molecule has 0 aliphatic heterocycles. The first-order valence-corrected chi connectivity index (χ1v) is 11.1. The van der Waals surface area contributed by atoms with Crippen LogP contribution in [0.2, 0.25) is 5.02 Å². The van der Waals surface area contributed by atoms with Crippen LogP contribution in [0.1, 0.15) is 33.2 Å². The molecule has 0 heterocycles. The molecule has 6 heteroatoms. The zero-order valence-corrected chi connectivity index (χ0v) is 19.8. The van der Waals surface area contributed by atoms with Crippen LogP contribution in [0.15, 0.2) is 84.9 Å². The average Bonchev–Trinajstić information content (AvgIpc) is 2.90. The van der Waals surface area contributed by atoms with Crippen molar-refractivity contribution in [2.24, 2.45) is 0 Å². The topological polar surface area (TPSA) is 61.8 Å². The zero-order valence-electron chi connectivity index (χ0n) is 19.1.